The lowest BCUT2D eigenvalue weighted by atomic mass is 9.88. The van der Waals surface area contributed by atoms with Gasteiger partial charge in [-0.1, -0.05) is 24.3 Å². The number of ether oxygens (including phenoxy) is 1. The summed E-state index contributed by atoms with van der Waals surface area (Å²) in [5.41, 5.74) is 2.37. The Morgan fingerprint density at radius 3 is 2.75 bits per heavy atom. The van der Waals surface area contributed by atoms with Gasteiger partial charge in [0.1, 0.15) is 11.6 Å². The van der Waals surface area contributed by atoms with Gasteiger partial charge in [-0.15, -0.1) is 0 Å². The molecule has 2 heterocycles. The summed E-state index contributed by atoms with van der Waals surface area (Å²) < 4.78 is 18.9. The summed E-state index contributed by atoms with van der Waals surface area (Å²) >= 11 is 0. The molecule has 0 saturated carbocycles. The lowest BCUT2D eigenvalue weighted by Crippen LogP contribution is -2.43. The maximum atomic E-state index is 13.6. The zero-order valence-electron chi connectivity index (χ0n) is 18.2. The molecule has 1 amide bonds. The molecule has 0 bridgehead atoms. The zero-order chi connectivity index (χ0) is 22.3. The second-order valence-corrected chi connectivity index (χ2v) is 8.20. The van der Waals surface area contributed by atoms with Crippen LogP contribution in [0.25, 0.3) is 0 Å². The van der Waals surface area contributed by atoms with Crippen LogP contribution in [0.2, 0.25) is 0 Å². The van der Waals surface area contributed by atoms with Gasteiger partial charge in [0.2, 0.25) is 0 Å². The average molecular weight is 434 g/mol. The molecular weight excluding hydrogens is 405 g/mol. The van der Waals surface area contributed by atoms with Crippen molar-refractivity contribution in [3.05, 3.63) is 95.6 Å². The summed E-state index contributed by atoms with van der Waals surface area (Å²) in [6.07, 6.45) is 3.78. The van der Waals surface area contributed by atoms with Crippen molar-refractivity contribution in [3.8, 4) is 5.75 Å². The molecule has 0 aliphatic carbocycles. The minimum atomic E-state index is -0.421. The second kappa shape index (κ2) is 10.4. The maximum absolute atomic E-state index is 13.6. The van der Waals surface area contributed by atoms with E-state index in [1.165, 1.54) is 17.7 Å². The fraction of sp³-hybridized carbons (Fsp3) is 0.308. The molecule has 5 nitrogen and oxygen atoms in total. The van der Waals surface area contributed by atoms with E-state index in [1.54, 1.807) is 25.4 Å². The van der Waals surface area contributed by atoms with Gasteiger partial charge in [0, 0.05) is 24.8 Å². The van der Waals surface area contributed by atoms with Crippen molar-refractivity contribution in [3.63, 3.8) is 0 Å². The Hall–Kier alpha value is -3.25. The Bertz CT molecular complexity index is 1030. The van der Waals surface area contributed by atoms with Crippen LogP contribution in [0.3, 0.4) is 0 Å². The van der Waals surface area contributed by atoms with Crippen LogP contribution in [0.15, 0.2) is 72.9 Å². The SMILES string of the molecule is COc1ccc(CN2CCC[C@@H]([C@@H](NC(=O)c3cccc(F)c3)c3ccccn3)C2)cc1. The van der Waals surface area contributed by atoms with Gasteiger partial charge in [0.15, 0.2) is 0 Å². The smallest absolute Gasteiger partial charge is 0.251 e. The fourth-order valence-corrected chi connectivity index (χ4v) is 4.34. The number of carbonyl (C=O) groups excluding carboxylic acids is 1. The van der Waals surface area contributed by atoms with Crippen molar-refractivity contribution < 1.29 is 13.9 Å². The molecule has 6 heteroatoms. The average Bonchev–Trinajstić information content (AvgIpc) is 2.83. The van der Waals surface area contributed by atoms with Crippen molar-refractivity contribution in [1.29, 1.82) is 0 Å². The molecule has 0 radical (unpaired) electrons. The number of carbonyl (C=O) groups is 1. The first kappa shape index (κ1) is 22.0. The topological polar surface area (TPSA) is 54.5 Å². The van der Waals surface area contributed by atoms with E-state index in [9.17, 15) is 9.18 Å². The van der Waals surface area contributed by atoms with Gasteiger partial charge in [0.05, 0.1) is 18.8 Å². The Morgan fingerprint density at radius 2 is 2.03 bits per heavy atom. The van der Waals surface area contributed by atoms with Gasteiger partial charge in [-0.2, -0.15) is 0 Å². The van der Waals surface area contributed by atoms with Crippen LogP contribution in [-0.2, 0) is 6.54 Å². The van der Waals surface area contributed by atoms with Gasteiger partial charge >= 0.3 is 0 Å². The fourth-order valence-electron chi connectivity index (χ4n) is 4.34. The number of nitrogens with one attached hydrogen (secondary N) is 1. The highest BCUT2D eigenvalue weighted by atomic mass is 19.1. The molecule has 1 aromatic heterocycles. The van der Waals surface area contributed by atoms with Gasteiger partial charge in [0.25, 0.3) is 5.91 Å². The van der Waals surface area contributed by atoms with Crippen molar-refractivity contribution in [1.82, 2.24) is 15.2 Å². The zero-order valence-corrected chi connectivity index (χ0v) is 18.2. The third kappa shape index (κ3) is 5.51. The number of halogens is 1. The minimum absolute atomic E-state index is 0.203. The number of benzene rings is 2. The summed E-state index contributed by atoms with van der Waals surface area (Å²) in [7, 11) is 1.67. The number of pyridine rings is 1. The monoisotopic (exact) mass is 433 g/mol. The molecule has 2 atom stereocenters. The van der Waals surface area contributed by atoms with E-state index in [-0.39, 0.29) is 17.9 Å². The van der Waals surface area contributed by atoms with Gasteiger partial charge in [-0.05, 0) is 73.3 Å². The van der Waals surface area contributed by atoms with Crippen LogP contribution in [0, 0.1) is 11.7 Å². The van der Waals surface area contributed by atoms with E-state index in [0.717, 1.165) is 43.9 Å². The van der Waals surface area contributed by atoms with Gasteiger partial charge < -0.3 is 10.1 Å². The maximum Gasteiger partial charge on any atom is 0.251 e. The Morgan fingerprint density at radius 1 is 1.19 bits per heavy atom. The number of likely N-dealkylation sites (tertiary alicyclic amines) is 1. The van der Waals surface area contributed by atoms with Crippen molar-refractivity contribution in [2.24, 2.45) is 5.92 Å². The van der Waals surface area contributed by atoms with E-state index in [2.05, 4.69) is 27.3 Å². The second-order valence-electron chi connectivity index (χ2n) is 8.20. The van der Waals surface area contributed by atoms with E-state index < -0.39 is 5.82 Å². The summed E-state index contributed by atoms with van der Waals surface area (Å²) in [5.74, 6) is 0.345. The van der Waals surface area contributed by atoms with Crippen molar-refractivity contribution >= 4 is 5.91 Å². The molecule has 2 aromatic carbocycles. The molecule has 1 fully saturated rings. The van der Waals surface area contributed by atoms with Gasteiger partial charge in [-0.25, -0.2) is 4.39 Å². The molecule has 32 heavy (non-hydrogen) atoms. The van der Waals surface area contributed by atoms with E-state index in [4.69, 9.17) is 4.74 Å². The van der Waals surface area contributed by atoms with E-state index >= 15 is 0 Å². The lowest BCUT2D eigenvalue weighted by Gasteiger charge is -2.37. The van der Waals surface area contributed by atoms with E-state index in [1.807, 2.05) is 30.3 Å². The summed E-state index contributed by atoms with van der Waals surface area (Å²) in [6, 6.07) is 19.4. The Labute approximate surface area is 188 Å². The quantitative estimate of drug-likeness (QED) is 0.591. The molecular formula is C26H28FN3O2. The normalized spacial score (nSPS) is 17.5. The van der Waals surface area contributed by atoms with Crippen molar-refractivity contribution in [2.75, 3.05) is 20.2 Å². The number of amides is 1. The van der Waals surface area contributed by atoms with Crippen LogP contribution >= 0.6 is 0 Å². The van der Waals surface area contributed by atoms with Crippen molar-refractivity contribution in [2.45, 2.75) is 25.4 Å². The number of hydrogen-bond donors (Lipinski definition) is 1. The highest BCUT2D eigenvalue weighted by Gasteiger charge is 2.30. The first-order valence-electron chi connectivity index (χ1n) is 10.9. The molecule has 0 unspecified atom stereocenters. The molecule has 3 aromatic rings. The van der Waals surface area contributed by atoms with Gasteiger partial charge in [-0.3, -0.25) is 14.7 Å². The van der Waals surface area contributed by atoms with Crippen LogP contribution in [-0.4, -0.2) is 36.0 Å². The highest BCUT2D eigenvalue weighted by Crippen LogP contribution is 2.30. The highest BCUT2D eigenvalue weighted by molar-refractivity contribution is 5.94. The largest absolute Gasteiger partial charge is 0.497 e. The molecule has 1 aliphatic heterocycles. The molecule has 1 N–H and O–H groups in total. The lowest BCUT2D eigenvalue weighted by molar-refractivity contribution is 0.0874. The first-order valence-corrected chi connectivity index (χ1v) is 10.9. The standard InChI is InChI=1S/C26H28FN3O2/c1-32-23-12-10-19(11-13-23)17-30-15-5-7-21(18-30)25(24-9-2-3-14-28-24)29-26(31)20-6-4-8-22(27)16-20/h2-4,6,8-14,16,21,25H,5,7,15,17-18H2,1H3,(H,29,31)/t21-,25-/m1/s1. The summed E-state index contributed by atoms with van der Waals surface area (Å²) in [5, 5.41) is 3.13. The predicted octanol–water partition coefficient (Wildman–Crippen LogP) is 4.61. The van der Waals surface area contributed by atoms with Crippen LogP contribution in [0.4, 0.5) is 4.39 Å². The number of rotatable bonds is 7. The number of aromatic nitrogens is 1. The predicted molar refractivity (Wildman–Crippen MR) is 122 cm³/mol. The minimum Gasteiger partial charge on any atom is -0.497 e. The molecule has 1 saturated heterocycles. The third-order valence-corrected chi connectivity index (χ3v) is 5.96. The number of methoxy groups -OCH3 is 1. The summed E-state index contributed by atoms with van der Waals surface area (Å²) in [4.78, 5) is 19.9. The Balaban J connectivity index is 1.50. The summed E-state index contributed by atoms with van der Waals surface area (Å²) in [6.45, 7) is 2.69. The Kier molecular flexibility index (Phi) is 7.12. The molecule has 0 spiro atoms. The molecule has 4 rings (SSSR count). The number of nitrogens with zero attached hydrogens (tertiary/aromatic N) is 2. The van der Waals surface area contributed by atoms with Crippen LogP contribution in [0.1, 0.15) is 40.5 Å². The number of piperidine rings is 1. The number of hydrogen-bond acceptors (Lipinski definition) is 4. The first-order chi connectivity index (χ1) is 15.6. The van der Waals surface area contributed by atoms with Crippen LogP contribution in [0.5, 0.6) is 5.75 Å². The third-order valence-electron chi connectivity index (χ3n) is 5.96. The molecule has 166 valence electrons. The molecule has 1 aliphatic rings. The van der Waals surface area contributed by atoms with E-state index in [0.29, 0.717) is 5.56 Å². The van der Waals surface area contributed by atoms with Crippen LogP contribution < -0.4 is 10.1 Å².